The predicted molar refractivity (Wildman–Crippen MR) is 202 cm³/mol. The minimum absolute atomic E-state index is 0.830. The molecule has 0 saturated heterocycles. The number of nitrogens with zero attached hydrogens (tertiary/aromatic N) is 6. The molecule has 0 fully saturated rings. The molecule has 244 valence electrons. The molecule has 8 heteroatoms. The summed E-state index contributed by atoms with van der Waals surface area (Å²) in [6.07, 6.45) is 16.5. The third kappa shape index (κ3) is 5.25. The van der Waals surface area contributed by atoms with Gasteiger partial charge < -0.3 is 9.97 Å². The Balaban J connectivity index is 1.51. The third-order valence-corrected chi connectivity index (χ3v) is 9.61. The topological polar surface area (TPSA) is 81.9 Å². The number of fused-ring (bicyclic) bond motifs is 8. The SMILES string of the molecule is C[n+]1ccccc1-c1c2nc(c(-c3cccc[n+]3C)c3ccc([nH]3)c(-c3cccc[n+]3C)c3nc(c(-c4ccccn4)c4ccc1[nH]4)C=C3)C=C2. The molecule has 2 aliphatic heterocycles. The third-order valence-electron chi connectivity index (χ3n) is 9.61. The van der Waals surface area contributed by atoms with Crippen LogP contribution in [0.4, 0.5) is 0 Å². The van der Waals surface area contributed by atoms with Crippen molar-refractivity contribution in [3.63, 3.8) is 0 Å². The fraction of sp³-hybridized carbons (Fsp3) is 0.0698. The maximum Gasteiger partial charge on any atom is 0.216 e. The lowest BCUT2D eigenvalue weighted by molar-refractivity contribution is -0.660. The lowest BCUT2D eigenvalue weighted by atomic mass is 10.1. The van der Waals surface area contributed by atoms with Gasteiger partial charge in [0.05, 0.1) is 67.2 Å². The summed E-state index contributed by atoms with van der Waals surface area (Å²) in [4.78, 5) is 23.2. The van der Waals surface area contributed by atoms with E-state index in [0.717, 1.165) is 89.9 Å². The number of rotatable bonds is 4. The molecule has 7 aromatic heterocycles. The molecule has 8 nitrogen and oxygen atoms in total. The second-order valence-corrected chi connectivity index (χ2v) is 12.8. The van der Waals surface area contributed by atoms with E-state index in [2.05, 4.69) is 148 Å². The summed E-state index contributed by atoms with van der Waals surface area (Å²) in [5.74, 6) is 0. The Bertz CT molecular complexity index is 2690. The van der Waals surface area contributed by atoms with Crippen molar-refractivity contribution < 1.29 is 13.7 Å². The highest BCUT2D eigenvalue weighted by atomic mass is 14.9. The van der Waals surface area contributed by atoms with Crippen molar-refractivity contribution in [3.8, 4) is 45.0 Å². The van der Waals surface area contributed by atoms with Crippen molar-refractivity contribution in [2.45, 2.75) is 0 Å². The first-order valence-corrected chi connectivity index (χ1v) is 17.0. The van der Waals surface area contributed by atoms with Crippen LogP contribution in [0.5, 0.6) is 0 Å². The zero-order valence-electron chi connectivity index (χ0n) is 28.5. The molecule has 0 atom stereocenters. The van der Waals surface area contributed by atoms with Crippen LogP contribution in [0.15, 0.2) is 122 Å². The van der Waals surface area contributed by atoms with Gasteiger partial charge in [-0.05, 0) is 78.9 Å². The predicted octanol–water partition coefficient (Wildman–Crippen LogP) is 7.19. The van der Waals surface area contributed by atoms with Crippen molar-refractivity contribution in [1.29, 1.82) is 0 Å². The smallest absolute Gasteiger partial charge is 0.216 e. The molecule has 51 heavy (non-hydrogen) atoms. The fourth-order valence-electron chi connectivity index (χ4n) is 7.14. The van der Waals surface area contributed by atoms with Gasteiger partial charge in [-0.15, -0.1) is 0 Å². The largest absolute Gasteiger partial charge is 0.354 e. The molecule has 0 aromatic carbocycles. The number of aromatic amines is 2. The van der Waals surface area contributed by atoms with E-state index in [0.29, 0.717) is 0 Å². The monoisotopic (exact) mass is 663 g/mol. The molecular formula is C43H35N8+3. The van der Waals surface area contributed by atoms with E-state index in [1.54, 1.807) is 0 Å². The van der Waals surface area contributed by atoms with Gasteiger partial charge in [-0.1, -0.05) is 6.07 Å². The summed E-state index contributed by atoms with van der Waals surface area (Å²) >= 11 is 0. The number of aromatic nitrogens is 8. The van der Waals surface area contributed by atoms with Crippen molar-refractivity contribution in [2.24, 2.45) is 21.1 Å². The van der Waals surface area contributed by atoms with E-state index >= 15 is 0 Å². The summed E-state index contributed by atoms with van der Waals surface area (Å²) in [7, 11) is 6.21. The van der Waals surface area contributed by atoms with E-state index in [-0.39, 0.29) is 0 Å². The van der Waals surface area contributed by atoms with Gasteiger partial charge in [0.2, 0.25) is 17.1 Å². The van der Waals surface area contributed by atoms with Crippen LogP contribution < -0.4 is 13.7 Å². The Labute approximate surface area is 295 Å². The Hall–Kier alpha value is -6.80. The number of nitrogens with one attached hydrogen (secondary N) is 2. The average molecular weight is 664 g/mol. The van der Waals surface area contributed by atoms with Crippen molar-refractivity contribution in [2.75, 3.05) is 0 Å². The Morgan fingerprint density at radius 3 is 1.16 bits per heavy atom. The Kier molecular flexibility index (Phi) is 7.28. The normalized spacial score (nSPS) is 12.1. The minimum atomic E-state index is 0.830. The molecule has 2 N–H and O–H groups in total. The van der Waals surface area contributed by atoms with E-state index in [1.165, 1.54) is 0 Å². The summed E-state index contributed by atoms with van der Waals surface area (Å²) in [6, 6.07) is 33.3. The fourth-order valence-corrected chi connectivity index (χ4v) is 7.14. The van der Waals surface area contributed by atoms with Crippen molar-refractivity contribution >= 4 is 46.4 Å². The minimum Gasteiger partial charge on any atom is -0.354 e. The van der Waals surface area contributed by atoms with Gasteiger partial charge in [-0.25, -0.2) is 23.7 Å². The number of pyridine rings is 4. The highest BCUT2D eigenvalue weighted by Crippen LogP contribution is 2.36. The standard InChI is InChI=1S/C43H34N8/c1-49-25-9-5-13-37(49)41-31-18-16-29(45-31)40(28-12-4-8-24-44-28)30-17-19-32(46-30)42(38-14-6-10-26-50(38)2)34-21-23-36(48-34)43(35-22-20-33(41)47-35)39-15-7-11-27-51(39)3/h4-27H,1-3H3,(H,45,46,47,48)/q+2/p+1. The lowest BCUT2D eigenvalue weighted by Gasteiger charge is -2.05. The maximum atomic E-state index is 5.40. The van der Waals surface area contributed by atoms with Crippen LogP contribution in [0, 0.1) is 0 Å². The van der Waals surface area contributed by atoms with Crippen molar-refractivity contribution in [1.82, 2.24) is 24.9 Å². The van der Waals surface area contributed by atoms with Gasteiger partial charge >= 0.3 is 0 Å². The van der Waals surface area contributed by atoms with Crippen LogP contribution in [0.1, 0.15) is 22.8 Å². The molecule has 0 unspecified atom stereocenters. The van der Waals surface area contributed by atoms with Crippen LogP contribution in [0.2, 0.25) is 0 Å². The molecule has 9 rings (SSSR count). The Morgan fingerprint density at radius 1 is 0.412 bits per heavy atom. The molecule has 7 aromatic rings. The first-order chi connectivity index (χ1) is 25.0. The van der Waals surface area contributed by atoms with Crippen LogP contribution >= 0.6 is 0 Å². The van der Waals surface area contributed by atoms with Gasteiger partial charge in [0, 0.05) is 48.2 Å². The molecular weight excluding hydrogens is 629 g/mol. The van der Waals surface area contributed by atoms with E-state index in [1.807, 2.05) is 42.6 Å². The maximum absolute atomic E-state index is 5.40. The first kappa shape index (κ1) is 30.3. The number of hydrogen-bond donors (Lipinski definition) is 2. The van der Waals surface area contributed by atoms with E-state index in [4.69, 9.17) is 15.0 Å². The second-order valence-electron chi connectivity index (χ2n) is 12.8. The molecule has 9 heterocycles. The summed E-state index contributed by atoms with van der Waals surface area (Å²) in [6.45, 7) is 0. The number of aryl methyl sites for hydroxylation is 3. The molecule has 8 bridgehead atoms. The zero-order valence-corrected chi connectivity index (χ0v) is 28.5. The van der Waals surface area contributed by atoms with E-state index in [9.17, 15) is 0 Å². The molecule has 2 aliphatic rings. The Morgan fingerprint density at radius 2 is 0.784 bits per heavy atom. The highest BCUT2D eigenvalue weighted by molar-refractivity contribution is 5.98. The second kappa shape index (κ2) is 12.3. The van der Waals surface area contributed by atoms with E-state index < -0.39 is 0 Å². The molecule has 0 aliphatic carbocycles. The van der Waals surface area contributed by atoms with Gasteiger partial charge in [0.1, 0.15) is 21.1 Å². The lowest BCUT2D eigenvalue weighted by Crippen LogP contribution is -2.30. The van der Waals surface area contributed by atoms with Crippen LogP contribution in [0.3, 0.4) is 0 Å². The zero-order chi connectivity index (χ0) is 34.5. The first-order valence-electron chi connectivity index (χ1n) is 17.0. The molecule has 0 saturated carbocycles. The number of hydrogen-bond acceptors (Lipinski definition) is 3. The van der Waals surface area contributed by atoms with Crippen LogP contribution in [-0.2, 0) is 21.1 Å². The molecule has 0 spiro atoms. The quantitative estimate of drug-likeness (QED) is 0.196. The molecule has 0 amide bonds. The van der Waals surface area contributed by atoms with Gasteiger partial charge in [-0.2, -0.15) is 0 Å². The summed E-state index contributed by atoms with van der Waals surface area (Å²) in [5, 5.41) is 0. The van der Waals surface area contributed by atoms with Gasteiger partial charge in [0.25, 0.3) is 0 Å². The van der Waals surface area contributed by atoms with Crippen LogP contribution in [-0.4, -0.2) is 24.9 Å². The van der Waals surface area contributed by atoms with Crippen LogP contribution in [0.25, 0.3) is 91.4 Å². The number of H-pyrrole nitrogens is 2. The summed E-state index contributed by atoms with van der Waals surface area (Å²) in [5.41, 5.74) is 15.1. The molecule has 0 radical (unpaired) electrons. The highest BCUT2D eigenvalue weighted by Gasteiger charge is 2.24. The van der Waals surface area contributed by atoms with Crippen molar-refractivity contribution in [3.05, 3.63) is 145 Å². The average Bonchev–Trinajstić information content (AvgIpc) is 3.99. The van der Waals surface area contributed by atoms with Gasteiger partial charge in [-0.3, -0.25) is 4.98 Å². The summed E-state index contributed by atoms with van der Waals surface area (Å²) < 4.78 is 6.41. The van der Waals surface area contributed by atoms with Gasteiger partial charge in [0.15, 0.2) is 18.6 Å².